The van der Waals surface area contributed by atoms with Crippen LogP contribution in [0.1, 0.15) is 11.1 Å². The van der Waals surface area contributed by atoms with E-state index >= 15 is 0 Å². The van der Waals surface area contributed by atoms with Gasteiger partial charge in [-0.15, -0.1) is 0 Å². The number of hydrogen-bond donors (Lipinski definition) is 1. The lowest BCUT2D eigenvalue weighted by Gasteiger charge is -2.18. The van der Waals surface area contributed by atoms with Crippen LogP contribution >= 0.6 is 11.6 Å². The van der Waals surface area contributed by atoms with Gasteiger partial charge in [-0.05, 0) is 49.4 Å². The van der Waals surface area contributed by atoms with Crippen molar-refractivity contribution < 1.29 is 17.6 Å². The van der Waals surface area contributed by atoms with Gasteiger partial charge in [0.2, 0.25) is 15.9 Å². The number of anilines is 1. The summed E-state index contributed by atoms with van der Waals surface area (Å²) in [5.74, 6) is -0.800. The maximum atomic E-state index is 13.9. The average Bonchev–Trinajstić information content (AvgIpc) is 3.01. The summed E-state index contributed by atoms with van der Waals surface area (Å²) >= 11 is 5.98. The van der Waals surface area contributed by atoms with Gasteiger partial charge < -0.3 is 4.90 Å². The second-order valence-electron chi connectivity index (χ2n) is 5.67. The molecular formula is C17H16ClFN2O3S. The summed E-state index contributed by atoms with van der Waals surface area (Å²) < 4.78 is 39.9. The van der Waals surface area contributed by atoms with Crippen molar-refractivity contribution in [2.75, 3.05) is 18.5 Å². The van der Waals surface area contributed by atoms with Crippen LogP contribution in [0, 0.1) is 5.82 Å². The van der Waals surface area contributed by atoms with Crippen molar-refractivity contribution in [2.24, 2.45) is 0 Å². The number of rotatable bonds is 4. The first-order valence-corrected chi connectivity index (χ1v) is 9.49. The van der Waals surface area contributed by atoms with Crippen LogP contribution in [0.15, 0.2) is 41.3 Å². The molecule has 3 rings (SSSR count). The molecule has 1 N–H and O–H groups in total. The number of sulfonamides is 1. The van der Waals surface area contributed by atoms with E-state index < -0.39 is 15.8 Å². The summed E-state index contributed by atoms with van der Waals surface area (Å²) in [5.41, 5.74) is 1.58. The predicted octanol–water partition coefficient (Wildman–Crippen LogP) is 2.52. The van der Waals surface area contributed by atoms with Crippen molar-refractivity contribution in [1.29, 1.82) is 0 Å². The van der Waals surface area contributed by atoms with E-state index in [4.69, 9.17) is 11.6 Å². The standard InChI is InChI=1S/C17H16ClFN2O3S/c1-20-25(23,24)12-5-6-16-11(9-12)7-8-21(16)17(22)10-13-14(18)3-2-4-15(13)19/h2-6,9,20H,7-8,10H2,1H3. The zero-order chi connectivity index (χ0) is 18.2. The van der Waals surface area contributed by atoms with Crippen molar-refractivity contribution in [3.8, 4) is 0 Å². The summed E-state index contributed by atoms with van der Waals surface area (Å²) in [6.07, 6.45) is 0.390. The maximum Gasteiger partial charge on any atom is 0.240 e. The number of benzene rings is 2. The van der Waals surface area contributed by atoms with E-state index in [9.17, 15) is 17.6 Å². The van der Waals surface area contributed by atoms with Gasteiger partial charge >= 0.3 is 0 Å². The third-order valence-corrected chi connectivity index (χ3v) is 5.98. The lowest BCUT2D eigenvalue weighted by atomic mass is 10.1. The summed E-state index contributed by atoms with van der Waals surface area (Å²) in [4.78, 5) is 14.3. The number of fused-ring (bicyclic) bond motifs is 1. The van der Waals surface area contributed by atoms with Crippen LogP contribution in [-0.4, -0.2) is 27.9 Å². The zero-order valence-corrected chi connectivity index (χ0v) is 15.0. The minimum Gasteiger partial charge on any atom is -0.312 e. The smallest absolute Gasteiger partial charge is 0.240 e. The molecule has 0 unspecified atom stereocenters. The van der Waals surface area contributed by atoms with Crippen molar-refractivity contribution in [1.82, 2.24) is 4.72 Å². The fourth-order valence-corrected chi connectivity index (χ4v) is 3.88. The fraction of sp³-hybridized carbons (Fsp3) is 0.235. The van der Waals surface area contributed by atoms with E-state index in [0.717, 1.165) is 5.56 Å². The molecule has 25 heavy (non-hydrogen) atoms. The molecule has 0 atom stereocenters. The second-order valence-corrected chi connectivity index (χ2v) is 7.96. The molecule has 1 aliphatic rings. The van der Waals surface area contributed by atoms with Crippen molar-refractivity contribution >= 4 is 33.2 Å². The van der Waals surface area contributed by atoms with Crippen LogP contribution in [-0.2, 0) is 27.7 Å². The van der Waals surface area contributed by atoms with E-state index in [1.165, 1.54) is 30.1 Å². The molecule has 5 nitrogen and oxygen atoms in total. The first-order valence-electron chi connectivity index (χ1n) is 7.63. The van der Waals surface area contributed by atoms with Gasteiger partial charge in [-0.1, -0.05) is 17.7 Å². The number of carbonyl (C=O) groups is 1. The molecule has 132 valence electrons. The van der Waals surface area contributed by atoms with Gasteiger partial charge in [0.05, 0.1) is 11.3 Å². The van der Waals surface area contributed by atoms with Crippen molar-refractivity contribution in [2.45, 2.75) is 17.7 Å². The molecule has 8 heteroatoms. The minimum atomic E-state index is -3.54. The Labute approximate surface area is 150 Å². The van der Waals surface area contributed by atoms with Gasteiger partial charge in [0.25, 0.3) is 0 Å². The molecule has 2 aromatic carbocycles. The van der Waals surface area contributed by atoms with Crippen LogP contribution < -0.4 is 9.62 Å². The van der Waals surface area contributed by atoms with E-state index in [-0.39, 0.29) is 27.8 Å². The summed E-state index contributed by atoms with van der Waals surface area (Å²) in [7, 11) is -2.19. The zero-order valence-electron chi connectivity index (χ0n) is 13.4. The molecular weight excluding hydrogens is 367 g/mol. The van der Waals surface area contributed by atoms with Gasteiger partial charge in [-0.3, -0.25) is 4.79 Å². The molecule has 1 heterocycles. The topological polar surface area (TPSA) is 66.5 Å². The van der Waals surface area contributed by atoms with Gasteiger partial charge in [-0.25, -0.2) is 17.5 Å². The van der Waals surface area contributed by atoms with Gasteiger partial charge in [0.15, 0.2) is 0 Å². The third-order valence-electron chi connectivity index (χ3n) is 4.22. The second kappa shape index (κ2) is 6.74. The number of halogens is 2. The van der Waals surface area contributed by atoms with Crippen molar-refractivity contribution in [3.05, 3.63) is 58.4 Å². The third kappa shape index (κ3) is 3.40. The Hall–Kier alpha value is -1.96. The SMILES string of the molecule is CNS(=O)(=O)c1ccc2c(c1)CCN2C(=O)Cc1c(F)cccc1Cl. The highest BCUT2D eigenvalue weighted by Crippen LogP contribution is 2.31. The number of hydrogen-bond acceptors (Lipinski definition) is 3. The molecule has 0 aliphatic carbocycles. The first kappa shape index (κ1) is 17.8. The highest BCUT2D eigenvalue weighted by molar-refractivity contribution is 7.89. The number of nitrogens with zero attached hydrogens (tertiary/aromatic N) is 1. The summed E-state index contributed by atoms with van der Waals surface area (Å²) in [6, 6.07) is 8.91. The summed E-state index contributed by atoms with van der Waals surface area (Å²) in [6.45, 7) is 0.420. The first-order chi connectivity index (χ1) is 11.8. The average molecular weight is 383 g/mol. The Morgan fingerprint density at radius 3 is 2.76 bits per heavy atom. The van der Waals surface area contributed by atoms with Crippen LogP contribution in [0.4, 0.5) is 10.1 Å². The molecule has 0 saturated heterocycles. The lowest BCUT2D eigenvalue weighted by molar-refractivity contribution is -0.117. The van der Waals surface area contributed by atoms with Crippen LogP contribution in [0.25, 0.3) is 0 Å². The quantitative estimate of drug-likeness (QED) is 0.883. The van der Waals surface area contributed by atoms with E-state index in [0.29, 0.717) is 18.7 Å². The number of amides is 1. The minimum absolute atomic E-state index is 0.151. The lowest BCUT2D eigenvalue weighted by Crippen LogP contribution is -2.30. The van der Waals surface area contributed by atoms with Gasteiger partial charge in [0, 0.05) is 22.8 Å². The van der Waals surface area contributed by atoms with Gasteiger partial charge in [0.1, 0.15) is 5.82 Å². The molecule has 0 bridgehead atoms. The fourth-order valence-electron chi connectivity index (χ4n) is 2.87. The van der Waals surface area contributed by atoms with E-state index in [1.807, 2.05) is 0 Å². The maximum absolute atomic E-state index is 13.9. The molecule has 2 aromatic rings. The molecule has 0 radical (unpaired) electrons. The van der Waals surface area contributed by atoms with E-state index in [1.54, 1.807) is 18.2 Å². The Morgan fingerprint density at radius 1 is 1.32 bits per heavy atom. The number of carbonyl (C=O) groups excluding carboxylic acids is 1. The highest BCUT2D eigenvalue weighted by Gasteiger charge is 2.27. The molecule has 0 spiro atoms. The normalized spacial score (nSPS) is 13.8. The molecule has 0 saturated carbocycles. The van der Waals surface area contributed by atoms with Crippen LogP contribution in [0.5, 0.6) is 0 Å². The molecule has 1 amide bonds. The predicted molar refractivity (Wildman–Crippen MR) is 93.9 cm³/mol. The molecule has 0 fully saturated rings. The Morgan fingerprint density at radius 2 is 2.08 bits per heavy atom. The summed E-state index contributed by atoms with van der Waals surface area (Å²) in [5, 5.41) is 0.211. The largest absolute Gasteiger partial charge is 0.312 e. The van der Waals surface area contributed by atoms with Crippen LogP contribution in [0.3, 0.4) is 0 Å². The Kier molecular flexibility index (Phi) is 4.81. The van der Waals surface area contributed by atoms with Crippen molar-refractivity contribution in [3.63, 3.8) is 0 Å². The van der Waals surface area contributed by atoms with Gasteiger partial charge in [-0.2, -0.15) is 0 Å². The molecule has 1 aliphatic heterocycles. The van der Waals surface area contributed by atoms with E-state index in [2.05, 4.69) is 4.72 Å². The Bertz CT molecular complexity index is 927. The van der Waals surface area contributed by atoms with Crippen LogP contribution in [0.2, 0.25) is 5.02 Å². The monoisotopic (exact) mass is 382 g/mol. The molecule has 0 aromatic heterocycles. The Balaban J connectivity index is 1.87. The number of nitrogens with one attached hydrogen (secondary N) is 1. The highest BCUT2D eigenvalue weighted by atomic mass is 35.5.